The van der Waals surface area contributed by atoms with Gasteiger partial charge in [0.2, 0.25) is 5.79 Å². The van der Waals surface area contributed by atoms with E-state index in [1.807, 2.05) is 13.8 Å². The average Bonchev–Trinajstić information content (AvgIpc) is 2.96. The summed E-state index contributed by atoms with van der Waals surface area (Å²) in [6.07, 6.45) is 0.176. The Hall–Kier alpha value is -1.14. The van der Waals surface area contributed by atoms with E-state index in [1.165, 1.54) is 17.6 Å². The zero-order chi connectivity index (χ0) is 19.3. The summed E-state index contributed by atoms with van der Waals surface area (Å²) in [5, 5.41) is 31.8. The second-order valence-corrected chi connectivity index (χ2v) is 7.78. The van der Waals surface area contributed by atoms with Crippen LogP contribution in [0.3, 0.4) is 0 Å². The van der Waals surface area contributed by atoms with Gasteiger partial charge in [-0.25, -0.2) is 0 Å². The van der Waals surface area contributed by atoms with Gasteiger partial charge in [-0.15, -0.1) is 0 Å². The minimum absolute atomic E-state index is 0. The molecule has 2 aliphatic rings. The third-order valence-electron chi connectivity index (χ3n) is 5.30. The molecule has 0 aliphatic carbocycles. The standard InChI is InChI=1S/C18H25NO7.Li/c1-4-17(24,15(22)23)12-7-13-18(25-9-16(2,3)10-26-18)5-6-19(13)14(21)11(12)8-20;/h7,20,24H,4-6,8-10H2,1-3H3,(H,22,23);/q;+1/p-1. The van der Waals surface area contributed by atoms with Gasteiger partial charge >= 0.3 is 18.9 Å². The molecule has 144 valence electrons. The predicted octanol–water partition coefficient (Wildman–Crippen LogP) is -3.68. The van der Waals surface area contributed by atoms with Crippen LogP contribution in [0.4, 0.5) is 0 Å². The molecule has 1 atom stereocenters. The molecular weight excluding hydrogens is 349 g/mol. The Bertz CT molecular complexity index is 794. The summed E-state index contributed by atoms with van der Waals surface area (Å²) in [4.78, 5) is 24.4. The van der Waals surface area contributed by atoms with Crippen LogP contribution < -0.4 is 29.5 Å². The number of aliphatic hydroxyl groups excluding tert-OH is 1. The molecule has 8 nitrogen and oxygen atoms in total. The predicted molar refractivity (Wildman–Crippen MR) is 87.8 cm³/mol. The van der Waals surface area contributed by atoms with Crippen molar-refractivity contribution in [1.29, 1.82) is 0 Å². The molecule has 2 N–H and O–H groups in total. The van der Waals surface area contributed by atoms with Crippen LogP contribution >= 0.6 is 0 Å². The normalized spacial score (nSPS) is 22.0. The van der Waals surface area contributed by atoms with Crippen LogP contribution in [0.2, 0.25) is 0 Å². The van der Waals surface area contributed by atoms with Crippen LogP contribution in [0.15, 0.2) is 10.9 Å². The second kappa shape index (κ2) is 7.36. The fourth-order valence-electron chi connectivity index (χ4n) is 3.58. The summed E-state index contributed by atoms with van der Waals surface area (Å²) < 4.78 is 13.4. The van der Waals surface area contributed by atoms with Gasteiger partial charge in [0, 0.05) is 29.5 Å². The number of hydrogen-bond donors (Lipinski definition) is 2. The van der Waals surface area contributed by atoms with Crippen molar-refractivity contribution in [3.05, 3.63) is 33.2 Å². The van der Waals surface area contributed by atoms with Gasteiger partial charge in [-0.05, 0) is 12.5 Å². The van der Waals surface area contributed by atoms with E-state index in [2.05, 4.69) is 0 Å². The number of nitrogens with zero attached hydrogens (tertiary/aromatic N) is 1. The monoisotopic (exact) mass is 373 g/mol. The first-order valence-electron chi connectivity index (χ1n) is 8.70. The number of fused-ring (bicyclic) bond motifs is 2. The zero-order valence-electron chi connectivity index (χ0n) is 16.2. The molecule has 2 aliphatic heterocycles. The molecule has 1 unspecified atom stereocenters. The number of aliphatic carboxylic acids is 1. The van der Waals surface area contributed by atoms with Crippen molar-refractivity contribution in [3.63, 3.8) is 0 Å². The van der Waals surface area contributed by atoms with Crippen LogP contribution in [0, 0.1) is 5.41 Å². The van der Waals surface area contributed by atoms with Crippen LogP contribution in [0.5, 0.6) is 0 Å². The molecule has 0 radical (unpaired) electrons. The molecule has 1 aromatic rings. The van der Waals surface area contributed by atoms with E-state index in [9.17, 15) is 24.9 Å². The van der Waals surface area contributed by atoms with E-state index in [1.54, 1.807) is 0 Å². The number of ether oxygens (including phenoxy) is 2. The number of carboxylic acid groups (broad SMARTS) is 1. The summed E-state index contributed by atoms with van der Waals surface area (Å²) in [7, 11) is 0. The van der Waals surface area contributed by atoms with Gasteiger partial charge in [0.15, 0.2) is 0 Å². The summed E-state index contributed by atoms with van der Waals surface area (Å²) in [6, 6.07) is 1.40. The van der Waals surface area contributed by atoms with Crippen molar-refractivity contribution in [2.75, 3.05) is 13.2 Å². The van der Waals surface area contributed by atoms with Gasteiger partial charge in [0.25, 0.3) is 5.56 Å². The topological polar surface area (TPSA) is 121 Å². The van der Waals surface area contributed by atoms with E-state index < -0.39 is 29.5 Å². The third-order valence-corrected chi connectivity index (χ3v) is 5.30. The van der Waals surface area contributed by atoms with E-state index in [-0.39, 0.29) is 41.8 Å². The molecule has 0 aromatic carbocycles. The fourth-order valence-corrected chi connectivity index (χ4v) is 3.58. The molecular formula is C18H24LiNO7. The van der Waals surface area contributed by atoms with Crippen molar-refractivity contribution in [2.24, 2.45) is 5.41 Å². The maximum absolute atomic E-state index is 12.8. The molecule has 1 aromatic heterocycles. The van der Waals surface area contributed by atoms with Gasteiger partial charge in [-0.3, -0.25) is 4.79 Å². The van der Waals surface area contributed by atoms with E-state index in [0.717, 1.165) is 0 Å². The van der Waals surface area contributed by atoms with Crippen LogP contribution in [0.25, 0.3) is 0 Å². The summed E-state index contributed by atoms with van der Waals surface area (Å²) in [5.74, 6) is -2.88. The Balaban J connectivity index is 0.00000261. The largest absolute Gasteiger partial charge is 1.00 e. The molecule has 0 saturated carbocycles. The Kier molecular flexibility index (Phi) is 6.03. The van der Waals surface area contributed by atoms with Crippen molar-refractivity contribution < 1.29 is 48.4 Å². The molecule has 27 heavy (non-hydrogen) atoms. The number of carbonyl (C=O) groups is 1. The maximum Gasteiger partial charge on any atom is 1.00 e. The van der Waals surface area contributed by atoms with Gasteiger partial charge in [0.05, 0.1) is 31.5 Å². The van der Waals surface area contributed by atoms with Crippen molar-refractivity contribution in [2.45, 2.75) is 58.2 Å². The maximum atomic E-state index is 12.8. The van der Waals surface area contributed by atoms with Crippen molar-refractivity contribution in [3.8, 4) is 0 Å². The summed E-state index contributed by atoms with van der Waals surface area (Å²) >= 11 is 0. The SMILES string of the molecule is CCC(O)(C(=O)[O-])c1cc2n(c(=O)c1CO)CCC21OCC(C)(C)CO1.[Li+]. The smallest absolute Gasteiger partial charge is 0.547 e. The second-order valence-electron chi connectivity index (χ2n) is 7.78. The number of carbonyl (C=O) groups excluding carboxylic acids is 1. The van der Waals surface area contributed by atoms with Crippen molar-refractivity contribution >= 4 is 5.97 Å². The number of aliphatic hydroxyl groups is 2. The molecule has 0 bridgehead atoms. The van der Waals surface area contributed by atoms with E-state index >= 15 is 0 Å². The molecule has 3 heterocycles. The Labute approximate surface area is 169 Å². The van der Waals surface area contributed by atoms with Gasteiger partial charge in [-0.2, -0.15) is 0 Å². The quantitative estimate of drug-likeness (QED) is 0.522. The number of pyridine rings is 1. The Morgan fingerprint density at radius 3 is 2.44 bits per heavy atom. The molecule has 1 saturated heterocycles. The first-order valence-corrected chi connectivity index (χ1v) is 8.70. The van der Waals surface area contributed by atoms with Crippen LogP contribution in [-0.4, -0.2) is 34.0 Å². The van der Waals surface area contributed by atoms with Gasteiger partial charge in [0.1, 0.15) is 5.60 Å². The van der Waals surface area contributed by atoms with E-state index in [0.29, 0.717) is 31.9 Å². The van der Waals surface area contributed by atoms with Crippen LogP contribution in [-0.2, 0) is 38.8 Å². The molecule has 0 amide bonds. The number of aromatic nitrogens is 1. The summed E-state index contributed by atoms with van der Waals surface area (Å²) in [6.45, 7) is 5.91. The minimum Gasteiger partial charge on any atom is -0.547 e. The molecule has 1 fully saturated rings. The summed E-state index contributed by atoms with van der Waals surface area (Å²) in [5.41, 5.74) is -3.08. The van der Waals surface area contributed by atoms with E-state index in [4.69, 9.17) is 9.47 Å². The number of hydrogen-bond acceptors (Lipinski definition) is 7. The molecule has 3 rings (SSSR count). The molecule has 1 spiro atoms. The number of carboxylic acids is 1. The Morgan fingerprint density at radius 1 is 1.37 bits per heavy atom. The first-order chi connectivity index (χ1) is 12.1. The number of rotatable bonds is 4. The molecule has 9 heteroatoms. The van der Waals surface area contributed by atoms with Crippen molar-refractivity contribution in [1.82, 2.24) is 4.57 Å². The van der Waals surface area contributed by atoms with Crippen LogP contribution in [0.1, 0.15) is 50.4 Å². The fraction of sp³-hybridized carbons (Fsp3) is 0.667. The average molecular weight is 373 g/mol. The zero-order valence-corrected chi connectivity index (χ0v) is 16.2. The van der Waals surface area contributed by atoms with Gasteiger partial charge in [-0.1, -0.05) is 20.8 Å². The van der Waals surface area contributed by atoms with Gasteiger partial charge < -0.3 is 34.2 Å². The minimum atomic E-state index is -2.38. The Morgan fingerprint density at radius 2 is 1.96 bits per heavy atom. The first kappa shape index (κ1) is 22.1. The third kappa shape index (κ3) is 3.39.